The molecular weight excluding hydrogens is 250 g/mol. The summed E-state index contributed by atoms with van der Waals surface area (Å²) in [5.74, 6) is -0.882. The van der Waals surface area contributed by atoms with Gasteiger partial charge in [0.2, 0.25) is 0 Å². The number of carbonyl (C=O) groups excluding carboxylic acids is 2. The average Bonchev–Trinajstić information content (AvgIpc) is 2.25. The van der Waals surface area contributed by atoms with E-state index in [1.807, 2.05) is 32.0 Å². The monoisotopic (exact) mass is 263 g/mol. The summed E-state index contributed by atoms with van der Waals surface area (Å²) in [6, 6.07) is 4.78. The minimum Gasteiger partial charge on any atom is -0.366 e. The molecular formula is C12H13N3O2S. The van der Waals surface area contributed by atoms with Gasteiger partial charge in [0.15, 0.2) is 11.2 Å². The predicted octanol–water partition coefficient (Wildman–Crippen LogP) is 0.615. The Morgan fingerprint density at radius 2 is 1.78 bits per heavy atom. The third-order valence-corrected chi connectivity index (χ3v) is 2.88. The van der Waals surface area contributed by atoms with Crippen LogP contribution >= 0.6 is 12.2 Å². The van der Waals surface area contributed by atoms with E-state index in [1.165, 1.54) is 0 Å². The van der Waals surface area contributed by atoms with E-state index in [9.17, 15) is 9.59 Å². The van der Waals surface area contributed by atoms with Gasteiger partial charge in [0.25, 0.3) is 11.8 Å². The number of amides is 2. The van der Waals surface area contributed by atoms with E-state index in [1.54, 1.807) is 0 Å². The summed E-state index contributed by atoms with van der Waals surface area (Å²) < 4.78 is 0. The summed E-state index contributed by atoms with van der Waals surface area (Å²) in [6.45, 7) is 3.90. The fourth-order valence-electron chi connectivity index (χ4n) is 1.78. The smallest absolute Gasteiger partial charge is 0.258 e. The van der Waals surface area contributed by atoms with Gasteiger partial charge < -0.3 is 16.0 Å². The van der Waals surface area contributed by atoms with Crippen LogP contribution in [-0.2, 0) is 9.59 Å². The summed E-state index contributed by atoms with van der Waals surface area (Å²) in [4.78, 5) is 23.4. The van der Waals surface area contributed by atoms with Gasteiger partial charge in [-0.15, -0.1) is 0 Å². The van der Waals surface area contributed by atoms with Crippen LogP contribution in [0.5, 0.6) is 0 Å². The Morgan fingerprint density at radius 1 is 1.17 bits per heavy atom. The maximum Gasteiger partial charge on any atom is 0.258 e. The fraction of sp³-hybridized carbons (Fsp3) is 0.250. The molecule has 1 aliphatic heterocycles. The molecule has 0 bridgehead atoms. The topological polar surface area (TPSA) is 70.2 Å². The highest BCUT2D eigenvalue weighted by atomic mass is 32.1. The predicted molar refractivity (Wildman–Crippen MR) is 72.2 cm³/mol. The highest BCUT2D eigenvalue weighted by Crippen LogP contribution is 2.17. The maximum absolute atomic E-state index is 11.7. The summed E-state index contributed by atoms with van der Waals surface area (Å²) >= 11 is 4.73. The second-order valence-corrected chi connectivity index (χ2v) is 4.61. The van der Waals surface area contributed by atoms with E-state index in [0.29, 0.717) is 0 Å². The molecule has 1 fully saturated rings. The number of hydrogen-bond donors (Lipinski definition) is 3. The van der Waals surface area contributed by atoms with Crippen LogP contribution in [0.25, 0.3) is 0 Å². The zero-order chi connectivity index (χ0) is 13.3. The lowest BCUT2D eigenvalue weighted by Gasteiger charge is -2.24. The van der Waals surface area contributed by atoms with Gasteiger partial charge in [-0.1, -0.05) is 17.7 Å². The first kappa shape index (κ1) is 12.5. The first-order chi connectivity index (χ1) is 8.47. The molecule has 1 saturated heterocycles. The number of nitrogens with one attached hydrogen (secondary N) is 3. The molecule has 94 valence electrons. The van der Waals surface area contributed by atoms with Crippen LogP contribution in [0.4, 0.5) is 5.69 Å². The van der Waals surface area contributed by atoms with E-state index in [4.69, 9.17) is 12.2 Å². The van der Waals surface area contributed by atoms with Crippen molar-refractivity contribution >= 4 is 34.8 Å². The molecule has 1 aliphatic rings. The van der Waals surface area contributed by atoms with Crippen LogP contribution in [0.15, 0.2) is 18.2 Å². The number of benzene rings is 1. The number of rotatable bonds is 2. The molecule has 6 heteroatoms. The Morgan fingerprint density at radius 3 is 2.33 bits per heavy atom. The van der Waals surface area contributed by atoms with Crippen molar-refractivity contribution in [1.29, 1.82) is 0 Å². The van der Waals surface area contributed by atoms with Crippen LogP contribution in [-0.4, -0.2) is 23.0 Å². The van der Waals surface area contributed by atoms with E-state index in [-0.39, 0.29) is 5.11 Å². The van der Waals surface area contributed by atoms with Crippen molar-refractivity contribution in [2.75, 3.05) is 5.32 Å². The van der Waals surface area contributed by atoms with Gasteiger partial charge in [0.05, 0.1) is 0 Å². The third-order valence-electron chi connectivity index (χ3n) is 2.68. The molecule has 18 heavy (non-hydrogen) atoms. The van der Waals surface area contributed by atoms with Crippen molar-refractivity contribution in [3.05, 3.63) is 29.3 Å². The van der Waals surface area contributed by atoms with Crippen LogP contribution in [0.3, 0.4) is 0 Å². The van der Waals surface area contributed by atoms with Gasteiger partial charge >= 0.3 is 0 Å². The van der Waals surface area contributed by atoms with Gasteiger partial charge in [0.1, 0.15) is 0 Å². The van der Waals surface area contributed by atoms with Gasteiger partial charge in [0, 0.05) is 5.69 Å². The number of thiocarbonyl (C=S) groups is 1. The Balaban J connectivity index is 2.20. The van der Waals surface area contributed by atoms with E-state index < -0.39 is 17.9 Å². The van der Waals surface area contributed by atoms with E-state index >= 15 is 0 Å². The van der Waals surface area contributed by atoms with Crippen LogP contribution in [0.2, 0.25) is 0 Å². The molecule has 3 N–H and O–H groups in total. The standard InChI is InChI=1S/C12H13N3O2S/c1-6-3-4-8(7(2)5-6)13-9-10(16)14-12(18)15-11(9)17/h3-5,9,13H,1-2H3,(H2,14,15,16,17,18). The van der Waals surface area contributed by atoms with Crippen molar-refractivity contribution in [2.24, 2.45) is 0 Å². The molecule has 2 amide bonds. The van der Waals surface area contributed by atoms with Crippen LogP contribution in [0.1, 0.15) is 11.1 Å². The quantitative estimate of drug-likeness (QED) is 0.540. The van der Waals surface area contributed by atoms with Crippen LogP contribution in [0, 0.1) is 13.8 Å². The summed E-state index contributed by atoms with van der Waals surface area (Å²) in [7, 11) is 0. The molecule has 5 nitrogen and oxygen atoms in total. The van der Waals surface area contributed by atoms with Gasteiger partial charge in [-0.3, -0.25) is 9.59 Å². The Bertz CT molecular complexity index is 522. The lowest BCUT2D eigenvalue weighted by atomic mass is 10.1. The number of carbonyl (C=O) groups is 2. The van der Waals surface area contributed by atoms with Crippen LogP contribution < -0.4 is 16.0 Å². The minimum absolute atomic E-state index is 0.0451. The molecule has 0 spiro atoms. The molecule has 0 aliphatic carbocycles. The van der Waals surface area contributed by atoms with Crippen molar-refractivity contribution in [2.45, 2.75) is 19.9 Å². The number of hydrogen-bond acceptors (Lipinski definition) is 4. The van der Waals surface area contributed by atoms with Crippen molar-refractivity contribution in [3.8, 4) is 0 Å². The van der Waals surface area contributed by atoms with Gasteiger partial charge in [-0.2, -0.15) is 0 Å². The largest absolute Gasteiger partial charge is 0.366 e. The molecule has 2 rings (SSSR count). The Labute approximate surface area is 110 Å². The zero-order valence-corrected chi connectivity index (χ0v) is 10.9. The normalized spacial score (nSPS) is 16.2. The van der Waals surface area contributed by atoms with E-state index in [0.717, 1.165) is 16.8 Å². The molecule has 0 radical (unpaired) electrons. The first-order valence-corrected chi connectivity index (χ1v) is 5.87. The molecule has 1 aromatic carbocycles. The summed E-state index contributed by atoms with van der Waals surface area (Å²) in [5, 5.41) is 7.78. The van der Waals surface area contributed by atoms with Crippen molar-refractivity contribution in [1.82, 2.24) is 10.6 Å². The molecule has 0 atom stereocenters. The second-order valence-electron chi connectivity index (χ2n) is 4.20. The molecule has 0 aromatic heterocycles. The lowest BCUT2D eigenvalue weighted by Crippen LogP contribution is -2.61. The maximum atomic E-state index is 11.7. The van der Waals surface area contributed by atoms with Crippen molar-refractivity contribution in [3.63, 3.8) is 0 Å². The second kappa shape index (κ2) is 4.73. The van der Waals surface area contributed by atoms with Gasteiger partial charge in [-0.05, 0) is 37.7 Å². The molecule has 0 saturated carbocycles. The highest BCUT2D eigenvalue weighted by molar-refractivity contribution is 7.80. The Hall–Kier alpha value is -1.95. The zero-order valence-electron chi connectivity index (χ0n) is 10.0. The summed E-state index contributed by atoms with van der Waals surface area (Å²) in [5.41, 5.74) is 2.85. The first-order valence-electron chi connectivity index (χ1n) is 5.47. The summed E-state index contributed by atoms with van der Waals surface area (Å²) in [6.07, 6.45) is 0. The highest BCUT2D eigenvalue weighted by Gasteiger charge is 2.32. The number of aryl methyl sites for hydroxylation is 2. The lowest BCUT2D eigenvalue weighted by molar-refractivity contribution is -0.130. The average molecular weight is 263 g/mol. The minimum atomic E-state index is -0.960. The molecule has 0 unspecified atom stereocenters. The molecule has 1 aromatic rings. The van der Waals surface area contributed by atoms with E-state index in [2.05, 4.69) is 16.0 Å². The van der Waals surface area contributed by atoms with Gasteiger partial charge in [-0.25, -0.2) is 0 Å². The Kier molecular flexibility index (Phi) is 3.29. The third kappa shape index (κ3) is 2.48. The number of anilines is 1. The molecule has 1 heterocycles. The van der Waals surface area contributed by atoms with Crippen molar-refractivity contribution < 1.29 is 9.59 Å². The fourth-order valence-corrected chi connectivity index (χ4v) is 1.98. The SMILES string of the molecule is Cc1ccc(NC2C(=O)NC(=S)NC2=O)c(C)c1.